The zero-order valence-corrected chi connectivity index (χ0v) is 11.9. The van der Waals surface area contributed by atoms with Crippen molar-refractivity contribution in [3.63, 3.8) is 0 Å². The van der Waals surface area contributed by atoms with Gasteiger partial charge in [-0.3, -0.25) is 10.1 Å². The normalized spacial score (nSPS) is 12.3. The van der Waals surface area contributed by atoms with Gasteiger partial charge >= 0.3 is 5.00 Å². The Morgan fingerprint density at radius 1 is 1.42 bits per heavy atom. The first-order chi connectivity index (χ1) is 9.06. The summed E-state index contributed by atoms with van der Waals surface area (Å²) in [6.07, 6.45) is 0. The smallest absolute Gasteiger partial charge is 0.306 e. The number of benzene rings is 1. The van der Waals surface area contributed by atoms with Gasteiger partial charge in [0.05, 0.1) is 4.92 Å². The van der Waals surface area contributed by atoms with Crippen LogP contribution >= 0.6 is 22.9 Å². The zero-order chi connectivity index (χ0) is 13.8. The van der Waals surface area contributed by atoms with Gasteiger partial charge in [-0.15, -0.1) is 0 Å². The number of hydrogen-bond acceptors (Lipinski definition) is 4. The number of rotatable bonds is 5. The van der Waals surface area contributed by atoms with Gasteiger partial charge in [0.2, 0.25) is 0 Å². The summed E-state index contributed by atoms with van der Waals surface area (Å²) in [5.74, 6) is 0. The van der Waals surface area contributed by atoms with Crippen LogP contribution in [0.25, 0.3) is 0 Å². The monoisotopic (exact) mass is 296 g/mol. The van der Waals surface area contributed by atoms with E-state index >= 15 is 0 Å². The molecule has 0 saturated carbocycles. The van der Waals surface area contributed by atoms with Crippen LogP contribution < -0.4 is 5.32 Å². The van der Waals surface area contributed by atoms with E-state index in [4.69, 9.17) is 11.6 Å². The standard InChI is InChI=1S/C13H13ClN2O2S/c1-9(11-2-4-12(14)5-3-11)15-7-10-6-13(16(17)18)19-8-10/h2-6,8-9,15H,7H2,1H3/t9-/m1/s1. The predicted molar refractivity (Wildman–Crippen MR) is 77.7 cm³/mol. The van der Waals surface area contributed by atoms with E-state index in [9.17, 15) is 10.1 Å². The Labute approximate surface area is 120 Å². The van der Waals surface area contributed by atoms with E-state index in [0.717, 1.165) is 22.5 Å². The molecule has 0 fully saturated rings. The highest BCUT2D eigenvalue weighted by Gasteiger charge is 2.10. The third kappa shape index (κ3) is 3.76. The molecule has 2 aromatic rings. The molecule has 4 nitrogen and oxygen atoms in total. The lowest BCUT2D eigenvalue weighted by Crippen LogP contribution is -2.17. The van der Waals surface area contributed by atoms with E-state index in [-0.39, 0.29) is 16.0 Å². The number of halogens is 1. The summed E-state index contributed by atoms with van der Waals surface area (Å²) in [6, 6.07) is 9.41. The molecule has 0 unspecified atom stereocenters. The number of nitro groups is 1. The zero-order valence-electron chi connectivity index (χ0n) is 10.3. The second kappa shape index (κ2) is 6.14. The van der Waals surface area contributed by atoms with Gasteiger partial charge in [0.25, 0.3) is 0 Å². The summed E-state index contributed by atoms with van der Waals surface area (Å²) in [5, 5.41) is 16.6. The Balaban J connectivity index is 1.94. The molecule has 1 aromatic carbocycles. The Kier molecular flexibility index (Phi) is 4.52. The van der Waals surface area contributed by atoms with Gasteiger partial charge in [0.1, 0.15) is 0 Å². The first-order valence-electron chi connectivity index (χ1n) is 5.77. The lowest BCUT2D eigenvalue weighted by atomic mass is 10.1. The predicted octanol–water partition coefficient (Wildman–Crippen LogP) is 4.16. The molecule has 0 aliphatic rings. The molecule has 2 rings (SSSR count). The van der Waals surface area contributed by atoms with Gasteiger partial charge in [-0.1, -0.05) is 35.1 Å². The van der Waals surface area contributed by atoms with Crippen LogP contribution in [0.3, 0.4) is 0 Å². The largest absolute Gasteiger partial charge is 0.324 e. The minimum Gasteiger partial charge on any atom is -0.306 e. The van der Waals surface area contributed by atoms with Crippen LogP contribution in [0.2, 0.25) is 5.02 Å². The van der Waals surface area contributed by atoms with Crippen molar-refractivity contribution >= 4 is 27.9 Å². The first-order valence-corrected chi connectivity index (χ1v) is 7.02. The van der Waals surface area contributed by atoms with Gasteiger partial charge in [0, 0.05) is 29.1 Å². The second-order valence-corrected chi connectivity index (χ2v) is 5.53. The van der Waals surface area contributed by atoms with Crippen molar-refractivity contribution in [3.8, 4) is 0 Å². The minimum absolute atomic E-state index is 0.163. The molecule has 0 radical (unpaired) electrons. The van der Waals surface area contributed by atoms with Crippen molar-refractivity contribution in [2.24, 2.45) is 0 Å². The fourth-order valence-electron chi connectivity index (χ4n) is 1.69. The Bertz CT molecular complexity index is 568. The molecular weight excluding hydrogens is 284 g/mol. The maximum atomic E-state index is 10.6. The fourth-order valence-corrected chi connectivity index (χ4v) is 2.55. The molecule has 1 atom stereocenters. The highest BCUT2D eigenvalue weighted by molar-refractivity contribution is 7.13. The maximum Gasteiger partial charge on any atom is 0.324 e. The van der Waals surface area contributed by atoms with E-state index in [0.29, 0.717) is 11.6 Å². The van der Waals surface area contributed by atoms with Crippen molar-refractivity contribution in [1.29, 1.82) is 0 Å². The number of thiophene rings is 1. The van der Waals surface area contributed by atoms with Crippen molar-refractivity contribution < 1.29 is 4.92 Å². The molecule has 0 amide bonds. The minimum atomic E-state index is -0.364. The van der Waals surface area contributed by atoms with Gasteiger partial charge < -0.3 is 5.32 Å². The maximum absolute atomic E-state index is 10.6. The van der Waals surface area contributed by atoms with Crippen molar-refractivity contribution in [1.82, 2.24) is 5.32 Å². The average molecular weight is 297 g/mol. The SMILES string of the molecule is C[C@@H](NCc1csc([N+](=O)[O-])c1)c1ccc(Cl)cc1. The lowest BCUT2D eigenvalue weighted by molar-refractivity contribution is -0.380. The first kappa shape index (κ1) is 14.0. The van der Waals surface area contributed by atoms with E-state index < -0.39 is 0 Å². The average Bonchev–Trinajstić information content (AvgIpc) is 2.86. The number of hydrogen-bond donors (Lipinski definition) is 1. The van der Waals surface area contributed by atoms with Crippen LogP contribution in [0.4, 0.5) is 5.00 Å². The summed E-state index contributed by atoms with van der Waals surface area (Å²) in [5.41, 5.74) is 2.06. The van der Waals surface area contributed by atoms with Crippen LogP contribution in [0.15, 0.2) is 35.7 Å². The fraction of sp³-hybridized carbons (Fsp3) is 0.231. The molecule has 0 spiro atoms. The van der Waals surface area contributed by atoms with E-state index in [1.807, 2.05) is 31.2 Å². The highest BCUT2D eigenvalue weighted by atomic mass is 35.5. The Morgan fingerprint density at radius 3 is 2.68 bits per heavy atom. The van der Waals surface area contributed by atoms with E-state index in [2.05, 4.69) is 5.32 Å². The molecule has 1 N–H and O–H groups in total. The Hall–Kier alpha value is -1.43. The third-order valence-corrected chi connectivity index (χ3v) is 3.98. The van der Waals surface area contributed by atoms with Crippen molar-refractivity contribution in [2.45, 2.75) is 19.5 Å². The number of nitrogens with zero attached hydrogens (tertiary/aromatic N) is 1. The molecule has 0 aliphatic carbocycles. The highest BCUT2D eigenvalue weighted by Crippen LogP contribution is 2.23. The summed E-state index contributed by atoms with van der Waals surface area (Å²) in [6.45, 7) is 2.65. The molecule has 6 heteroatoms. The summed E-state index contributed by atoms with van der Waals surface area (Å²) in [7, 11) is 0. The summed E-state index contributed by atoms with van der Waals surface area (Å²) < 4.78 is 0. The van der Waals surface area contributed by atoms with Crippen molar-refractivity contribution in [2.75, 3.05) is 0 Å². The lowest BCUT2D eigenvalue weighted by Gasteiger charge is -2.13. The molecule has 100 valence electrons. The van der Waals surface area contributed by atoms with Gasteiger partial charge in [0.15, 0.2) is 0 Å². The molecule has 0 saturated heterocycles. The van der Waals surface area contributed by atoms with Crippen molar-refractivity contribution in [3.05, 3.63) is 62.0 Å². The number of nitrogens with one attached hydrogen (secondary N) is 1. The molecule has 19 heavy (non-hydrogen) atoms. The van der Waals surface area contributed by atoms with Crippen LogP contribution in [0.1, 0.15) is 24.1 Å². The summed E-state index contributed by atoms with van der Waals surface area (Å²) >= 11 is 6.99. The van der Waals surface area contributed by atoms with E-state index in [1.54, 1.807) is 11.4 Å². The van der Waals surface area contributed by atoms with Gasteiger partial charge in [-0.05, 0) is 30.2 Å². The molecular formula is C13H13ClN2O2S. The van der Waals surface area contributed by atoms with E-state index in [1.165, 1.54) is 0 Å². The second-order valence-electron chi connectivity index (χ2n) is 4.20. The van der Waals surface area contributed by atoms with Gasteiger partial charge in [-0.25, -0.2) is 0 Å². The summed E-state index contributed by atoms with van der Waals surface area (Å²) in [4.78, 5) is 10.2. The molecule has 0 aliphatic heterocycles. The molecule has 1 heterocycles. The van der Waals surface area contributed by atoms with Crippen LogP contribution in [-0.4, -0.2) is 4.92 Å². The van der Waals surface area contributed by atoms with Crippen LogP contribution in [0, 0.1) is 10.1 Å². The topological polar surface area (TPSA) is 55.2 Å². The van der Waals surface area contributed by atoms with Gasteiger partial charge in [-0.2, -0.15) is 0 Å². The quantitative estimate of drug-likeness (QED) is 0.666. The molecule has 0 bridgehead atoms. The molecule has 1 aromatic heterocycles. The van der Waals surface area contributed by atoms with Crippen LogP contribution in [-0.2, 0) is 6.54 Å². The third-order valence-electron chi connectivity index (χ3n) is 2.80. The Morgan fingerprint density at radius 2 is 2.11 bits per heavy atom. The van der Waals surface area contributed by atoms with Crippen LogP contribution in [0.5, 0.6) is 0 Å².